The Morgan fingerprint density at radius 2 is 1.50 bits per heavy atom. The lowest BCUT2D eigenvalue weighted by Gasteiger charge is -2.39. The van der Waals surface area contributed by atoms with Gasteiger partial charge >= 0.3 is 0 Å². The van der Waals surface area contributed by atoms with Gasteiger partial charge < -0.3 is 10.1 Å². The van der Waals surface area contributed by atoms with Crippen molar-refractivity contribution in [1.82, 2.24) is 19.4 Å². The van der Waals surface area contributed by atoms with Gasteiger partial charge in [-0.15, -0.1) is 0 Å². The number of benzene rings is 2. The largest absolute Gasteiger partial charge is 0.379 e. The third kappa shape index (κ3) is 6.03. The van der Waals surface area contributed by atoms with Gasteiger partial charge in [-0.05, 0) is 24.6 Å². The van der Waals surface area contributed by atoms with E-state index in [9.17, 15) is 13.2 Å². The normalized spacial score (nSPS) is 20.5. The lowest BCUT2D eigenvalue weighted by molar-refractivity contribution is -0.123. The molecule has 0 bridgehead atoms. The first-order valence-electron chi connectivity index (χ1n) is 11.9. The van der Waals surface area contributed by atoms with Gasteiger partial charge in [0.2, 0.25) is 15.9 Å². The van der Waals surface area contributed by atoms with Crippen LogP contribution in [0, 0.1) is 0 Å². The third-order valence-corrected chi connectivity index (χ3v) is 8.43. The molecular formula is C25H34N4O4S. The number of ether oxygens (including phenoxy) is 1. The average molecular weight is 487 g/mol. The van der Waals surface area contributed by atoms with E-state index in [1.807, 2.05) is 23.1 Å². The quantitative estimate of drug-likeness (QED) is 0.610. The molecule has 2 heterocycles. The van der Waals surface area contributed by atoms with Crippen molar-refractivity contribution in [3.05, 3.63) is 66.2 Å². The molecule has 0 spiro atoms. The number of carbonyl (C=O) groups excluding carboxylic acids is 1. The Balaban J connectivity index is 1.32. The second kappa shape index (κ2) is 11.4. The molecule has 2 fully saturated rings. The molecule has 2 aromatic rings. The van der Waals surface area contributed by atoms with Crippen LogP contribution in [-0.4, -0.2) is 93.5 Å². The Morgan fingerprint density at radius 3 is 2.12 bits per heavy atom. The van der Waals surface area contributed by atoms with Crippen molar-refractivity contribution in [3.63, 3.8) is 0 Å². The Hall–Kier alpha value is -2.30. The summed E-state index contributed by atoms with van der Waals surface area (Å²) in [7, 11) is -3.50. The van der Waals surface area contributed by atoms with E-state index in [1.54, 1.807) is 30.3 Å². The Kier molecular flexibility index (Phi) is 8.33. The lowest BCUT2D eigenvalue weighted by Crippen LogP contribution is -2.53. The van der Waals surface area contributed by atoms with Crippen molar-refractivity contribution in [3.8, 4) is 0 Å². The van der Waals surface area contributed by atoms with Crippen LogP contribution in [0.1, 0.15) is 18.5 Å². The van der Waals surface area contributed by atoms with Crippen molar-refractivity contribution in [1.29, 1.82) is 0 Å². The maximum atomic E-state index is 12.9. The molecule has 9 heteroatoms. The summed E-state index contributed by atoms with van der Waals surface area (Å²) in [6.07, 6.45) is 0. The van der Waals surface area contributed by atoms with Crippen LogP contribution in [0.15, 0.2) is 65.6 Å². The molecule has 1 amide bonds. The van der Waals surface area contributed by atoms with Crippen LogP contribution in [0.3, 0.4) is 0 Å². The smallest absolute Gasteiger partial charge is 0.243 e. The van der Waals surface area contributed by atoms with E-state index in [4.69, 9.17) is 4.74 Å². The van der Waals surface area contributed by atoms with Gasteiger partial charge in [-0.3, -0.25) is 14.6 Å². The second-order valence-corrected chi connectivity index (χ2v) is 10.8. The van der Waals surface area contributed by atoms with Gasteiger partial charge in [0.25, 0.3) is 0 Å². The predicted octanol–water partition coefficient (Wildman–Crippen LogP) is 1.57. The summed E-state index contributed by atoms with van der Waals surface area (Å²) < 4.78 is 32.7. The summed E-state index contributed by atoms with van der Waals surface area (Å²) in [5.41, 5.74) is 1.18. The number of morpholine rings is 1. The van der Waals surface area contributed by atoms with Gasteiger partial charge in [0.1, 0.15) is 0 Å². The molecule has 4 rings (SSSR count). The molecule has 2 saturated heterocycles. The fraction of sp³-hybridized carbons (Fsp3) is 0.480. The summed E-state index contributed by atoms with van der Waals surface area (Å²) in [5, 5.41) is 3.20. The zero-order chi connectivity index (χ0) is 24.0. The molecule has 1 N–H and O–H groups in total. The summed E-state index contributed by atoms with van der Waals surface area (Å²) in [6, 6.07) is 18.8. The van der Waals surface area contributed by atoms with Crippen LogP contribution in [0.2, 0.25) is 0 Å². The van der Waals surface area contributed by atoms with Crippen molar-refractivity contribution in [2.45, 2.75) is 23.9 Å². The van der Waals surface area contributed by atoms with E-state index in [-0.39, 0.29) is 24.5 Å². The molecular weight excluding hydrogens is 452 g/mol. The highest BCUT2D eigenvalue weighted by atomic mass is 32.2. The molecule has 2 atom stereocenters. The number of nitrogens with zero attached hydrogens (tertiary/aromatic N) is 3. The van der Waals surface area contributed by atoms with E-state index >= 15 is 0 Å². The zero-order valence-electron chi connectivity index (χ0n) is 19.7. The Morgan fingerprint density at radius 1 is 0.912 bits per heavy atom. The molecule has 0 radical (unpaired) electrons. The molecule has 184 valence electrons. The number of hydrogen-bond acceptors (Lipinski definition) is 6. The highest BCUT2D eigenvalue weighted by molar-refractivity contribution is 7.89. The van der Waals surface area contributed by atoms with Gasteiger partial charge in [-0.25, -0.2) is 8.42 Å². The predicted molar refractivity (Wildman–Crippen MR) is 131 cm³/mol. The van der Waals surface area contributed by atoms with E-state index in [2.05, 4.69) is 29.3 Å². The van der Waals surface area contributed by atoms with Crippen LogP contribution >= 0.6 is 0 Å². The van der Waals surface area contributed by atoms with Crippen LogP contribution in [0.5, 0.6) is 0 Å². The van der Waals surface area contributed by atoms with Crippen molar-refractivity contribution in [2.24, 2.45) is 0 Å². The van der Waals surface area contributed by atoms with E-state index in [1.165, 1.54) is 9.87 Å². The average Bonchev–Trinajstić information content (AvgIpc) is 2.86. The highest BCUT2D eigenvalue weighted by Gasteiger charge is 2.31. The summed E-state index contributed by atoms with van der Waals surface area (Å²) in [6.45, 7) is 7.17. The minimum absolute atomic E-state index is 0.0407. The molecule has 0 saturated carbocycles. The Bertz CT molecular complexity index is 1020. The number of rotatable bonds is 8. The number of amides is 1. The van der Waals surface area contributed by atoms with Gasteiger partial charge in [0.05, 0.1) is 30.7 Å². The van der Waals surface area contributed by atoms with Crippen molar-refractivity contribution >= 4 is 15.9 Å². The highest BCUT2D eigenvalue weighted by Crippen LogP contribution is 2.25. The van der Waals surface area contributed by atoms with Crippen LogP contribution in [-0.2, 0) is 19.6 Å². The summed E-state index contributed by atoms with van der Waals surface area (Å²) >= 11 is 0. The topological polar surface area (TPSA) is 82.2 Å². The zero-order valence-corrected chi connectivity index (χ0v) is 20.5. The first kappa shape index (κ1) is 24.8. The van der Waals surface area contributed by atoms with E-state index in [0.29, 0.717) is 44.3 Å². The first-order valence-corrected chi connectivity index (χ1v) is 13.3. The molecule has 8 nitrogen and oxygen atoms in total. The lowest BCUT2D eigenvalue weighted by atomic mass is 9.98. The number of piperazine rings is 1. The number of nitrogens with one attached hydrogen (secondary N) is 1. The molecule has 2 aliphatic rings. The maximum Gasteiger partial charge on any atom is 0.243 e. The number of sulfonamides is 1. The van der Waals surface area contributed by atoms with Crippen LogP contribution in [0.25, 0.3) is 0 Å². The van der Waals surface area contributed by atoms with Gasteiger partial charge in [0, 0.05) is 45.3 Å². The molecule has 34 heavy (non-hydrogen) atoms. The minimum Gasteiger partial charge on any atom is -0.379 e. The molecule has 0 aromatic heterocycles. The van der Waals surface area contributed by atoms with Crippen molar-refractivity contribution < 1.29 is 17.9 Å². The van der Waals surface area contributed by atoms with Crippen LogP contribution in [0.4, 0.5) is 0 Å². The van der Waals surface area contributed by atoms with Crippen LogP contribution < -0.4 is 5.32 Å². The van der Waals surface area contributed by atoms with Gasteiger partial charge in [0.15, 0.2) is 0 Å². The number of carbonyl (C=O) groups is 1. The standard InChI is InChI=1S/C25H34N4O4S/c1-21(25(22-8-4-2-5-9-22)28-16-18-33-19-17-28)26-24(30)20-27-12-14-29(15-13-27)34(31,32)23-10-6-3-7-11-23/h2-11,21,25H,12-20H2,1H3,(H,26,30)/t21-,25-/m1/s1. The Labute approximate surface area is 202 Å². The van der Waals surface area contributed by atoms with Crippen molar-refractivity contribution in [2.75, 3.05) is 59.0 Å². The minimum atomic E-state index is -3.50. The molecule has 2 aromatic carbocycles. The fourth-order valence-corrected chi connectivity index (χ4v) is 6.22. The number of hydrogen-bond donors (Lipinski definition) is 1. The van der Waals surface area contributed by atoms with E-state index < -0.39 is 10.0 Å². The van der Waals surface area contributed by atoms with Gasteiger partial charge in [-0.1, -0.05) is 48.5 Å². The fourth-order valence-electron chi connectivity index (χ4n) is 4.77. The monoisotopic (exact) mass is 486 g/mol. The molecule has 0 unspecified atom stereocenters. The van der Waals surface area contributed by atoms with Gasteiger partial charge in [-0.2, -0.15) is 4.31 Å². The molecule has 2 aliphatic heterocycles. The molecule has 0 aliphatic carbocycles. The maximum absolute atomic E-state index is 12.9. The first-order chi connectivity index (χ1) is 16.4. The third-order valence-electron chi connectivity index (χ3n) is 6.52. The van der Waals surface area contributed by atoms with E-state index in [0.717, 1.165) is 13.1 Å². The SMILES string of the molecule is C[C@@H](NC(=O)CN1CCN(S(=O)(=O)c2ccccc2)CC1)[C@H](c1ccccc1)N1CCOCC1. The summed E-state index contributed by atoms with van der Waals surface area (Å²) in [4.78, 5) is 17.6. The summed E-state index contributed by atoms with van der Waals surface area (Å²) in [5.74, 6) is -0.0407. The second-order valence-electron chi connectivity index (χ2n) is 8.85.